The van der Waals surface area contributed by atoms with Crippen molar-refractivity contribution in [2.24, 2.45) is 0 Å². The molecule has 0 unspecified atom stereocenters. The molecule has 0 aromatic heterocycles. The van der Waals surface area contributed by atoms with Crippen molar-refractivity contribution < 1.29 is 18.0 Å². The molecule has 1 rings (SSSR count). The van der Waals surface area contributed by atoms with E-state index in [0.29, 0.717) is 4.47 Å². The Labute approximate surface area is 105 Å². The average molecular weight is 310 g/mol. The third-order valence-electron chi connectivity index (χ3n) is 2.14. The van der Waals surface area contributed by atoms with E-state index in [1.54, 1.807) is 11.4 Å². The van der Waals surface area contributed by atoms with Crippen LogP contribution in [0.25, 0.3) is 0 Å². The van der Waals surface area contributed by atoms with E-state index in [1.165, 1.54) is 12.1 Å². The van der Waals surface area contributed by atoms with Crippen LogP contribution in [0.2, 0.25) is 0 Å². The van der Waals surface area contributed by atoms with Crippen molar-refractivity contribution in [3.63, 3.8) is 0 Å². The van der Waals surface area contributed by atoms with Crippen molar-refractivity contribution >= 4 is 27.5 Å². The van der Waals surface area contributed by atoms with Crippen LogP contribution in [-0.2, 0) is 4.79 Å². The molecule has 0 bridgehead atoms. The predicted octanol–water partition coefficient (Wildman–Crippen LogP) is 4.07. The van der Waals surface area contributed by atoms with E-state index in [0.717, 1.165) is 5.56 Å². The summed E-state index contributed by atoms with van der Waals surface area (Å²) >= 11 is 3.26. The number of halogens is 4. The fourth-order valence-corrected chi connectivity index (χ4v) is 2.11. The van der Waals surface area contributed by atoms with E-state index in [-0.39, 0.29) is 11.6 Å². The Morgan fingerprint density at radius 2 is 1.94 bits per heavy atom. The van der Waals surface area contributed by atoms with Crippen molar-refractivity contribution in [1.29, 1.82) is 0 Å². The molecule has 94 valence electrons. The van der Waals surface area contributed by atoms with E-state index >= 15 is 0 Å². The number of amides is 1. The SMILES string of the molecule is CC(C)c1ccc(NC(=O)C(F)(F)F)cc1Br. The minimum absolute atomic E-state index is 0.114. The molecule has 0 radical (unpaired) electrons. The molecule has 1 aromatic rings. The first-order chi connectivity index (χ1) is 7.71. The van der Waals surface area contributed by atoms with Gasteiger partial charge in [0, 0.05) is 10.2 Å². The Morgan fingerprint density at radius 3 is 2.35 bits per heavy atom. The van der Waals surface area contributed by atoms with E-state index in [4.69, 9.17) is 0 Å². The van der Waals surface area contributed by atoms with E-state index < -0.39 is 12.1 Å². The second-order valence-corrected chi connectivity index (χ2v) is 4.70. The third-order valence-corrected chi connectivity index (χ3v) is 2.82. The van der Waals surface area contributed by atoms with Gasteiger partial charge in [0.15, 0.2) is 0 Å². The molecule has 17 heavy (non-hydrogen) atoms. The summed E-state index contributed by atoms with van der Waals surface area (Å²) in [7, 11) is 0. The lowest BCUT2D eigenvalue weighted by Gasteiger charge is -2.12. The van der Waals surface area contributed by atoms with Crippen molar-refractivity contribution in [2.45, 2.75) is 25.9 Å². The Balaban J connectivity index is 2.89. The van der Waals surface area contributed by atoms with Crippen molar-refractivity contribution in [3.8, 4) is 0 Å². The van der Waals surface area contributed by atoms with Gasteiger partial charge in [-0.1, -0.05) is 35.8 Å². The van der Waals surface area contributed by atoms with Gasteiger partial charge in [0.1, 0.15) is 0 Å². The first-order valence-corrected chi connectivity index (χ1v) is 5.68. The predicted molar refractivity (Wildman–Crippen MR) is 62.9 cm³/mol. The highest BCUT2D eigenvalue weighted by Crippen LogP contribution is 2.28. The molecule has 0 aliphatic carbocycles. The lowest BCUT2D eigenvalue weighted by Crippen LogP contribution is -2.29. The molecule has 6 heteroatoms. The number of hydrogen-bond acceptors (Lipinski definition) is 1. The standard InChI is InChI=1S/C11H11BrF3NO/c1-6(2)8-4-3-7(5-9(8)12)16-10(17)11(13,14)15/h3-6H,1-2H3,(H,16,17). The van der Waals surface area contributed by atoms with Gasteiger partial charge in [-0.3, -0.25) is 4.79 Å². The smallest absolute Gasteiger partial charge is 0.318 e. The number of alkyl halides is 3. The summed E-state index contributed by atoms with van der Waals surface area (Å²) in [4.78, 5) is 10.7. The first kappa shape index (κ1) is 14.0. The van der Waals surface area contributed by atoms with Crippen LogP contribution in [0.5, 0.6) is 0 Å². The average Bonchev–Trinajstić information content (AvgIpc) is 2.15. The van der Waals surface area contributed by atoms with Crippen molar-refractivity contribution in [2.75, 3.05) is 5.32 Å². The quantitative estimate of drug-likeness (QED) is 0.876. The molecule has 1 N–H and O–H groups in total. The summed E-state index contributed by atoms with van der Waals surface area (Å²) in [5.41, 5.74) is 1.08. The van der Waals surface area contributed by atoms with Crippen LogP contribution in [0.1, 0.15) is 25.3 Å². The molecule has 0 saturated heterocycles. The number of anilines is 1. The zero-order valence-electron chi connectivity index (χ0n) is 9.23. The second-order valence-electron chi connectivity index (χ2n) is 3.84. The summed E-state index contributed by atoms with van der Waals surface area (Å²) < 4.78 is 36.7. The third kappa shape index (κ3) is 3.73. The van der Waals surface area contributed by atoms with Crippen LogP contribution < -0.4 is 5.32 Å². The van der Waals surface area contributed by atoms with E-state index in [1.807, 2.05) is 13.8 Å². The van der Waals surface area contributed by atoms with Gasteiger partial charge in [-0.05, 0) is 23.6 Å². The molecule has 0 atom stereocenters. The monoisotopic (exact) mass is 309 g/mol. The van der Waals surface area contributed by atoms with Crippen molar-refractivity contribution in [3.05, 3.63) is 28.2 Å². The molecular formula is C11H11BrF3NO. The number of hydrogen-bond donors (Lipinski definition) is 1. The van der Waals surface area contributed by atoms with Gasteiger partial charge < -0.3 is 5.32 Å². The number of carbonyl (C=O) groups is 1. The van der Waals surface area contributed by atoms with Gasteiger partial charge in [-0.15, -0.1) is 0 Å². The second kappa shape index (κ2) is 5.08. The minimum atomic E-state index is -4.87. The van der Waals surface area contributed by atoms with Crippen LogP contribution in [0.3, 0.4) is 0 Å². The largest absolute Gasteiger partial charge is 0.471 e. The Bertz CT molecular complexity index is 429. The summed E-state index contributed by atoms with van der Waals surface area (Å²) in [5.74, 6) is -1.72. The number of benzene rings is 1. The number of rotatable bonds is 2. The Morgan fingerprint density at radius 1 is 1.35 bits per heavy atom. The summed E-state index contributed by atoms with van der Waals surface area (Å²) in [6.45, 7) is 3.93. The minimum Gasteiger partial charge on any atom is -0.318 e. The zero-order chi connectivity index (χ0) is 13.2. The molecule has 1 aromatic carbocycles. The molecular weight excluding hydrogens is 299 g/mol. The molecule has 0 aliphatic heterocycles. The van der Waals surface area contributed by atoms with Gasteiger partial charge in [0.05, 0.1) is 0 Å². The zero-order valence-corrected chi connectivity index (χ0v) is 10.8. The number of carbonyl (C=O) groups excluding carboxylic acids is 1. The highest BCUT2D eigenvalue weighted by molar-refractivity contribution is 9.10. The van der Waals surface area contributed by atoms with E-state index in [2.05, 4.69) is 15.9 Å². The Hall–Kier alpha value is -1.04. The fraction of sp³-hybridized carbons (Fsp3) is 0.364. The van der Waals surface area contributed by atoms with Gasteiger partial charge in [-0.25, -0.2) is 0 Å². The van der Waals surface area contributed by atoms with Crippen LogP contribution >= 0.6 is 15.9 Å². The van der Waals surface area contributed by atoms with Gasteiger partial charge in [0.2, 0.25) is 0 Å². The van der Waals surface area contributed by atoms with Gasteiger partial charge in [-0.2, -0.15) is 13.2 Å². The van der Waals surface area contributed by atoms with Gasteiger partial charge in [0.25, 0.3) is 0 Å². The lowest BCUT2D eigenvalue weighted by molar-refractivity contribution is -0.167. The topological polar surface area (TPSA) is 29.1 Å². The highest BCUT2D eigenvalue weighted by Gasteiger charge is 2.38. The van der Waals surface area contributed by atoms with Crippen LogP contribution in [-0.4, -0.2) is 12.1 Å². The number of nitrogens with one attached hydrogen (secondary N) is 1. The molecule has 0 saturated carbocycles. The van der Waals surface area contributed by atoms with Crippen LogP contribution in [0.4, 0.5) is 18.9 Å². The van der Waals surface area contributed by atoms with Crippen LogP contribution in [0, 0.1) is 0 Å². The van der Waals surface area contributed by atoms with Crippen LogP contribution in [0.15, 0.2) is 22.7 Å². The maximum absolute atomic E-state index is 12.0. The molecule has 1 amide bonds. The van der Waals surface area contributed by atoms with Crippen molar-refractivity contribution in [1.82, 2.24) is 0 Å². The maximum atomic E-state index is 12.0. The molecule has 0 aliphatic rings. The summed E-state index contributed by atoms with van der Waals surface area (Å²) in [6.07, 6.45) is -4.87. The molecule has 2 nitrogen and oxygen atoms in total. The normalized spacial score (nSPS) is 11.7. The fourth-order valence-electron chi connectivity index (χ4n) is 1.28. The molecule has 0 heterocycles. The summed E-state index contributed by atoms with van der Waals surface area (Å²) in [6, 6.07) is 4.59. The summed E-state index contributed by atoms with van der Waals surface area (Å²) in [5, 5.41) is 1.79. The van der Waals surface area contributed by atoms with Gasteiger partial charge >= 0.3 is 12.1 Å². The molecule has 0 spiro atoms. The maximum Gasteiger partial charge on any atom is 0.471 e. The highest BCUT2D eigenvalue weighted by atomic mass is 79.9. The van der Waals surface area contributed by atoms with E-state index in [9.17, 15) is 18.0 Å². The lowest BCUT2D eigenvalue weighted by atomic mass is 10.0. The first-order valence-electron chi connectivity index (χ1n) is 4.89. The molecule has 0 fully saturated rings. The Kier molecular flexibility index (Phi) is 4.19.